The van der Waals surface area contributed by atoms with E-state index in [-0.39, 0.29) is 11.2 Å². The largest absolute Gasteiger partial charge is 0.341 e. The minimum absolute atomic E-state index is 0.0528. The van der Waals surface area contributed by atoms with E-state index in [1.807, 2.05) is 16.7 Å². The summed E-state index contributed by atoms with van der Waals surface area (Å²) in [6.45, 7) is 0.979. The zero-order valence-corrected chi connectivity index (χ0v) is 14.7. The third-order valence-corrected chi connectivity index (χ3v) is 7.28. The quantitative estimate of drug-likeness (QED) is 0.796. The number of nitrogens with zero attached hydrogens (tertiary/aromatic N) is 1. The Bertz CT molecular complexity index is 543. The van der Waals surface area contributed by atoms with Crippen LogP contribution < -0.4 is 0 Å². The average Bonchev–Trinajstić information content (AvgIpc) is 2.56. The zero-order chi connectivity index (χ0) is 15.6. The highest BCUT2D eigenvalue weighted by Gasteiger charge is 2.39. The SMILES string of the molecule is O=C(C1CSCCS1)N1CCC(F)(c2cccc(Cl)c2)CC1. The van der Waals surface area contributed by atoms with Crippen molar-refractivity contribution >= 4 is 41.0 Å². The molecule has 1 atom stereocenters. The number of benzene rings is 1. The van der Waals surface area contributed by atoms with Gasteiger partial charge in [-0.25, -0.2) is 4.39 Å². The van der Waals surface area contributed by atoms with Crippen LogP contribution in [0.4, 0.5) is 4.39 Å². The molecular weight excluding hydrogens is 341 g/mol. The van der Waals surface area contributed by atoms with Crippen molar-refractivity contribution in [1.29, 1.82) is 0 Å². The number of thioether (sulfide) groups is 2. The summed E-state index contributed by atoms with van der Waals surface area (Å²) in [7, 11) is 0. The molecule has 6 heteroatoms. The summed E-state index contributed by atoms with van der Waals surface area (Å²) in [5.41, 5.74) is -0.731. The normalized spacial score (nSPS) is 25.0. The van der Waals surface area contributed by atoms with E-state index in [1.54, 1.807) is 36.0 Å². The summed E-state index contributed by atoms with van der Waals surface area (Å²) in [6, 6.07) is 7.03. The number of alkyl halides is 1. The molecule has 0 N–H and O–H groups in total. The van der Waals surface area contributed by atoms with Gasteiger partial charge in [-0.1, -0.05) is 23.7 Å². The molecule has 2 aliphatic rings. The Labute approximate surface area is 144 Å². The molecule has 1 aromatic rings. The molecule has 120 valence electrons. The Hall–Kier alpha value is -0.390. The molecule has 22 heavy (non-hydrogen) atoms. The molecule has 2 heterocycles. The molecule has 0 saturated carbocycles. The van der Waals surface area contributed by atoms with Crippen LogP contribution in [0.15, 0.2) is 24.3 Å². The maximum atomic E-state index is 15.2. The van der Waals surface area contributed by atoms with E-state index in [4.69, 9.17) is 11.6 Å². The highest BCUT2D eigenvalue weighted by Crippen LogP contribution is 2.38. The molecule has 2 fully saturated rings. The Morgan fingerprint density at radius 2 is 2.09 bits per heavy atom. The molecule has 3 rings (SSSR count). The fourth-order valence-electron chi connectivity index (χ4n) is 2.97. The summed E-state index contributed by atoms with van der Waals surface area (Å²) in [4.78, 5) is 14.3. The number of halogens is 2. The van der Waals surface area contributed by atoms with E-state index in [0.29, 0.717) is 36.5 Å². The van der Waals surface area contributed by atoms with Crippen molar-refractivity contribution in [1.82, 2.24) is 4.90 Å². The Morgan fingerprint density at radius 3 is 2.73 bits per heavy atom. The maximum Gasteiger partial charge on any atom is 0.236 e. The standard InChI is InChI=1S/C16H19ClFNOS2/c17-13-3-1-2-12(10-13)16(18)4-6-19(7-5-16)15(20)14-11-21-8-9-22-14/h1-3,10,14H,4-9,11H2. The molecule has 0 aliphatic carbocycles. The lowest BCUT2D eigenvalue weighted by atomic mass is 9.86. The molecule has 1 aromatic carbocycles. The van der Waals surface area contributed by atoms with Crippen molar-refractivity contribution in [2.75, 3.05) is 30.3 Å². The van der Waals surface area contributed by atoms with E-state index < -0.39 is 5.67 Å². The van der Waals surface area contributed by atoms with Crippen LogP contribution in [0.1, 0.15) is 18.4 Å². The molecule has 2 aliphatic heterocycles. The van der Waals surface area contributed by atoms with Crippen LogP contribution >= 0.6 is 35.1 Å². The summed E-state index contributed by atoms with van der Waals surface area (Å²) in [6.07, 6.45) is 0.702. The molecule has 0 bridgehead atoms. The first-order valence-electron chi connectivity index (χ1n) is 7.52. The molecule has 1 amide bonds. The van der Waals surface area contributed by atoms with E-state index in [0.717, 1.165) is 17.3 Å². The fourth-order valence-corrected chi connectivity index (χ4v) is 5.79. The van der Waals surface area contributed by atoms with Crippen LogP contribution in [-0.2, 0) is 10.5 Å². The van der Waals surface area contributed by atoms with Crippen LogP contribution in [0.3, 0.4) is 0 Å². The molecule has 1 unspecified atom stereocenters. The third-order valence-electron chi connectivity index (χ3n) is 4.30. The molecule has 0 radical (unpaired) electrons. The predicted molar refractivity (Wildman–Crippen MR) is 93.6 cm³/mol. The lowest BCUT2D eigenvalue weighted by molar-refractivity contribution is -0.133. The van der Waals surface area contributed by atoms with Crippen molar-refractivity contribution in [3.63, 3.8) is 0 Å². The number of piperidine rings is 1. The van der Waals surface area contributed by atoms with E-state index >= 15 is 4.39 Å². The minimum atomic E-state index is -1.36. The predicted octanol–water partition coefficient (Wildman–Crippen LogP) is 3.98. The lowest BCUT2D eigenvalue weighted by Crippen LogP contribution is -2.47. The second-order valence-corrected chi connectivity index (χ2v) is 8.63. The van der Waals surface area contributed by atoms with Gasteiger partial charge in [0.25, 0.3) is 0 Å². The summed E-state index contributed by atoms with van der Waals surface area (Å²) in [5.74, 6) is 3.22. The number of carbonyl (C=O) groups is 1. The molecule has 2 nitrogen and oxygen atoms in total. The van der Waals surface area contributed by atoms with Gasteiger partial charge in [0.2, 0.25) is 5.91 Å². The Balaban J connectivity index is 1.63. The highest BCUT2D eigenvalue weighted by molar-refractivity contribution is 8.07. The molecule has 0 aromatic heterocycles. The third kappa shape index (κ3) is 3.57. The summed E-state index contributed by atoms with van der Waals surface area (Å²) in [5, 5.41) is 0.612. The van der Waals surface area contributed by atoms with Crippen LogP contribution in [0.2, 0.25) is 5.02 Å². The van der Waals surface area contributed by atoms with Crippen LogP contribution in [0.5, 0.6) is 0 Å². The molecular formula is C16H19ClFNOS2. The van der Waals surface area contributed by atoms with Crippen molar-refractivity contribution in [2.45, 2.75) is 23.8 Å². The van der Waals surface area contributed by atoms with Gasteiger partial charge >= 0.3 is 0 Å². The monoisotopic (exact) mass is 359 g/mol. The van der Waals surface area contributed by atoms with Gasteiger partial charge in [-0.15, -0.1) is 11.8 Å². The van der Waals surface area contributed by atoms with E-state index in [2.05, 4.69) is 0 Å². The van der Waals surface area contributed by atoms with Gasteiger partial charge in [-0.2, -0.15) is 11.8 Å². The van der Waals surface area contributed by atoms with Crippen LogP contribution in [0.25, 0.3) is 0 Å². The van der Waals surface area contributed by atoms with Gasteiger partial charge in [0.1, 0.15) is 5.67 Å². The first-order chi connectivity index (χ1) is 10.6. The van der Waals surface area contributed by atoms with Gasteiger partial charge < -0.3 is 4.90 Å². The second kappa shape index (κ2) is 7.02. The van der Waals surface area contributed by atoms with Crippen LogP contribution in [0, 0.1) is 0 Å². The van der Waals surface area contributed by atoms with Crippen molar-refractivity contribution in [3.8, 4) is 0 Å². The van der Waals surface area contributed by atoms with Crippen molar-refractivity contribution in [2.24, 2.45) is 0 Å². The maximum absolute atomic E-state index is 15.2. The van der Waals surface area contributed by atoms with Crippen molar-refractivity contribution in [3.05, 3.63) is 34.9 Å². The summed E-state index contributed by atoms with van der Waals surface area (Å²) < 4.78 is 15.2. The molecule has 0 spiro atoms. The van der Waals surface area contributed by atoms with E-state index in [1.165, 1.54) is 0 Å². The topological polar surface area (TPSA) is 20.3 Å². The Kier molecular flexibility index (Phi) is 5.25. The fraction of sp³-hybridized carbons (Fsp3) is 0.562. The number of rotatable bonds is 2. The lowest BCUT2D eigenvalue weighted by Gasteiger charge is -2.38. The van der Waals surface area contributed by atoms with Gasteiger partial charge in [0.15, 0.2) is 0 Å². The zero-order valence-electron chi connectivity index (χ0n) is 12.3. The Morgan fingerprint density at radius 1 is 1.32 bits per heavy atom. The highest BCUT2D eigenvalue weighted by atomic mass is 35.5. The van der Waals surface area contributed by atoms with Gasteiger partial charge in [0, 0.05) is 48.2 Å². The number of hydrogen-bond acceptors (Lipinski definition) is 3. The van der Waals surface area contributed by atoms with Crippen LogP contribution in [-0.4, -0.2) is 46.4 Å². The number of likely N-dealkylation sites (tertiary alicyclic amines) is 1. The summed E-state index contributed by atoms with van der Waals surface area (Å²) >= 11 is 9.55. The van der Waals surface area contributed by atoms with Gasteiger partial charge in [-0.05, 0) is 17.7 Å². The number of carbonyl (C=O) groups excluding carboxylic acids is 1. The van der Waals surface area contributed by atoms with Gasteiger partial charge in [-0.3, -0.25) is 4.79 Å². The minimum Gasteiger partial charge on any atom is -0.341 e. The molecule has 2 saturated heterocycles. The number of amides is 1. The first-order valence-corrected chi connectivity index (χ1v) is 10.1. The second-order valence-electron chi connectivity index (χ2n) is 5.74. The first kappa shape index (κ1) is 16.5. The number of hydrogen-bond donors (Lipinski definition) is 0. The van der Waals surface area contributed by atoms with E-state index in [9.17, 15) is 4.79 Å². The van der Waals surface area contributed by atoms with Gasteiger partial charge in [0.05, 0.1) is 5.25 Å². The van der Waals surface area contributed by atoms with Crippen molar-refractivity contribution < 1.29 is 9.18 Å². The average molecular weight is 360 g/mol. The smallest absolute Gasteiger partial charge is 0.236 e.